The molecule has 0 fully saturated rings. The van der Waals surface area contributed by atoms with Crippen molar-refractivity contribution in [1.82, 2.24) is 0 Å². The Kier molecular flexibility index (Phi) is 4.96. The molecular formula is C16H14BrNO2. The van der Waals surface area contributed by atoms with Crippen LogP contribution in [0.15, 0.2) is 59.1 Å². The molecule has 2 aromatic carbocycles. The number of rotatable bonds is 4. The lowest BCUT2D eigenvalue weighted by Crippen LogP contribution is -2.07. The van der Waals surface area contributed by atoms with E-state index in [-0.39, 0.29) is 5.91 Å². The van der Waals surface area contributed by atoms with Crippen molar-refractivity contribution in [3.05, 3.63) is 64.6 Å². The first-order valence-electron chi connectivity index (χ1n) is 6.06. The van der Waals surface area contributed by atoms with Crippen LogP contribution in [0.5, 0.6) is 5.75 Å². The van der Waals surface area contributed by atoms with Crippen LogP contribution in [-0.2, 0) is 4.79 Å². The first-order valence-corrected chi connectivity index (χ1v) is 6.85. The molecule has 0 saturated heterocycles. The standard InChI is InChI=1S/C16H14BrNO2/c1-20-15-7-2-4-12(10-15)8-9-16(19)18-14-6-3-5-13(17)11-14/h2-11H,1H3,(H,18,19). The number of halogens is 1. The normalized spacial score (nSPS) is 10.5. The van der Waals surface area contributed by atoms with Crippen LogP contribution in [0.2, 0.25) is 0 Å². The third kappa shape index (κ3) is 4.24. The molecule has 1 N–H and O–H groups in total. The average molecular weight is 332 g/mol. The van der Waals surface area contributed by atoms with Crippen molar-refractivity contribution < 1.29 is 9.53 Å². The van der Waals surface area contributed by atoms with E-state index in [1.54, 1.807) is 13.2 Å². The maximum Gasteiger partial charge on any atom is 0.248 e. The molecule has 0 aliphatic heterocycles. The van der Waals surface area contributed by atoms with Crippen LogP contribution in [0.1, 0.15) is 5.56 Å². The van der Waals surface area contributed by atoms with Gasteiger partial charge in [0.1, 0.15) is 5.75 Å². The van der Waals surface area contributed by atoms with Gasteiger partial charge in [-0.15, -0.1) is 0 Å². The van der Waals surface area contributed by atoms with Gasteiger partial charge in [0, 0.05) is 16.2 Å². The van der Waals surface area contributed by atoms with E-state index in [2.05, 4.69) is 21.2 Å². The lowest BCUT2D eigenvalue weighted by atomic mass is 10.2. The maximum absolute atomic E-state index is 11.8. The van der Waals surface area contributed by atoms with Crippen molar-refractivity contribution in [1.29, 1.82) is 0 Å². The van der Waals surface area contributed by atoms with E-state index in [1.165, 1.54) is 6.08 Å². The highest BCUT2D eigenvalue weighted by Crippen LogP contribution is 2.16. The molecule has 0 unspecified atom stereocenters. The zero-order chi connectivity index (χ0) is 14.4. The number of hydrogen-bond donors (Lipinski definition) is 1. The summed E-state index contributed by atoms with van der Waals surface area (Å²) < 4.78 is 6.05. The van der Waals surface area contributed by atoms with Crippen LogP contribution >= 0.6 is 15.9 Å². The molecule has 102 valence electrons. The number of anilines is 1. The number of amides is 1. The number of carbonyl (C=O) groups excluding carboxylic acids is 1. The van der Waals surface area contributed by atoms with Gasteiger partial charge >= 0.3 is 0 Å². The van der Waals surface area contributed by atoms with E-state index in [9.17, 15) is 4.79 Å². The van der Waals surface area contributed by atoms with Gasteiger partial charge in [0.05, 0.1) is 7.11 Å². The molecule has 0 heterocycles. The predicted octanol–water partition coefficient (Wildman–Crippen LogP) is 4.11. The van der Waals surface area contributed by atoms with Crippen LogP contribution in [-0.4, -0.2) is 13.0 Å². The van der Waals surface area contributed by atoms with Crippen molar-refractivity contribution in [3.63, 3.8) is 0 Å². The first kappa shape index (κ1) is 14.3. The third-order valence-electron chi connectivity index (χ3n) is 2.61. The summed E-state index contributed by atoms with van der Waals surface area (Å²) in [5.74, 6) is 0.588. The zero-order valence-corrected chi connectivity index (χ0v) is 12.6. The third-order valence-corrected chi connectivity index (χ3v) is 3.11. The number of methoxy groups -OCH3 is 1. The largest absolute Gasteiger partial charge is 0.497 e. The van der Waals surface area contributed by atoms with Crippen LogP contribution in [0.4, 0.5) is 5.69 Å². The van der Waals surface area contributed by atoms with Gasteiger partial charge in [-0.05, 0) is 42.0 Å². The summed E-state index contributed by atoms with van der Waals surface area (Å²) in [6, 6.07) is 15.0. The molecule has 0 bridgehead atoms. The summed E-state index contributed by atoms with van der Waals surface area (Å²) >= 11 is 3.36. The van der Waals surface area contributed by atoms with Crippen molar-refractivity contribution in [3.8, 4) is 5.75 Å². The average Bonchev–Trinajstić information content (AvgIpc) is 2.45. The van der Waals surface area contributed by atoms with Crippen LogP contribution in [0.3, 0.4) is 0 Å². The summed E-state index contributed by atoms with van der Waals surface area (Å²) in [4.78, 5) is 11.8. The van der Waals surface area contributed by atoms with Crippen LogP contribution in [0.25, 0.3) is 6.08 Å². The lowest BCUT2D eigenvalue weighted by Gasteiger charge is -2.02. The second-order valence-corrected chi connectivity index (χ2v) is 5.03. The number of hydrogen-bond acceptors (Lipinski definition) is 2. The number of carbonyl (C=O) groups is 1. The Morgan fingerprint density at radius 3 is 2.75 bits per heavy atom. The van der Waals surface area contributed by atoms with E-state index in [4.69, 9.17) is 4.74 Å². The minimum atomic E-state index is -0.175. The van der Waals surface area contributed by atoms with Gasteiger partial charge < -0.3 is 10.1 Å². The van der Waals surface area contributed by atoms with Gasteiger partial charge in [0.25, 0.3) is 0 Å². The molecule has 4 heteroatoms. The van der Waals surface area contributed by atoms with E-state index in [0.29, 0.717) is 0 Å². The number of nitrogens with one attached hydrogen (secondary N) is 1. The number of benzene rings is 2. The monoisotopic (exact) mass is 331 g/mol. The molecular weight excluding hydrogens is 318 g/mol. The fourth-order valence-electron chi connectivity index (χ4n) is 1.67. The topological polar surface area (TPSA) is 38.3 Å². The Morgan fingerprint density at radius 1 is 1.20 bits per heavy atom. The minimum absolute atomic E-state index is 0.175. The Bertz CT molecular complexity index is 638. The second-order valence-electron chi connectivity index (χ2n) is 4.11. The Balaban J connectivity index is 2.02. The highest BCUT2D eigenvalue weighted by molar-refractivity contribution is 9.10. The molecule has 2 rings (SSSR count). The Labute approximate surface area is 126 Å². The van der Waals surface area contributed by atoms with Crippen LogP contribution < -0.4 is 10.1 Å². The van der Waals surface area contributed by atoms with Gasteiger partial charge in [-0.3, -0.25) is 4.79 Å². The molecule has 0 aromatic heterocycles. The number of ether oxygens (including phenoxy) is 1. The fourth-order valence-corrected chi connectivity index (χ4v) is 2.07. The van der Waals surface area contributed by atoms with Crippen molar-refractivity contribution >= 4 is 33.6 Å². The van der Waals surface area contributed by atoms with Gasteiger partial charge in [-0.2, -0.15) is 0 Å². The second kappa shape index (κ2) is 6.91. The molecule has 0 saturated carbocycles. The van der Waals surface area contributed by atoms with E-state index in [1.807, 2.05) is 48.5 Å². The summed E-state index contributed by atoms with van der Waals surface area (Å²) in [6.07, 6.45) is 3.24. The van der Waals surface area contributed by atoms with Crippen LogP contribution in [0, 0.1) is 0 Å². The van der Waals surface area contributed by atoms with Gasteiger partial charge in [0.2, 0.25) is 5.91 Å². The van der Waals surface area contributed by atoms with E-state index in [0.717, 1.165) is 21.5 Å². The molecule has 0 aliphatic rings. The van der Waals surface area contributed by atoms with Crippen molar-refractivity contribution in [2.24, 2.45) is 0 Å². The summed E-state index contributed by atoms with van der Waals surface area (Å²) in [7, 11) is 1.61. The van der Waals surface area contributed by atoms with E-state index >= 15 is 0 Å². The highest BCUT2D eigenvalue weighted by atomic mass is 79.9. The maximum atomic E-state index is 11.8. The molecule has 0 spiro atoms. The molecule has 3 nitrogen and oxygen atoms in total. The Hall–Kier alpha value is -2.07. The highest BCUT2D eigenvalue weighted by Gasteiger charge is 1.98. The quantitative estimate of drug-likeness (QED) is 0.856. The van der Waals surface area contributed by atoms with E-state index < -0.39 is 0 Å². The molecule has 0 atom stereocenters. The SMILES string of the molecule is COc1cccc(C=CC(=O)Nc2cccc(Br)c2)c1. The molecule has 20 heavy (non-hydrogen) atoms. The summed E-state index contributed by atoms with van der Waals surface area (Å²) in [6.45, 7) is 0. The first-order chi connectivity index (χ1) is 9.67. The lowest BCUT2D eigenvalue weighted by molar-refractivity contribution is -0.111. The van der Waals surface area contributed by atoms with Crippen molar-refractivity contribution in [2.45, 2.75) is 0 Å². The van der Waals surface area contributed by atoms with Crippen molar-refractivity contribution in [2.75, 3.05) is 12.4 Å². The fraction of sp³-hybridized carbons (Fsp3) is 0.0625. The summed E-state index contributed by atoms with van der Waals surface area (Å²) in [5, 5.41) is 2.79. The minimum Gasteiger partial charge on any atom is -0.497 e. The van der Waals surface area contributed by atoms with Gasteiger partial charge in [0.15, 0.2) is 0 Å². The molecule has 1 amide bonds. The smallest absolute Gasteiger partial charge is 0.248 e. The van der Waals surface area contributed by atoms with Gasteiger partial charge in [-0.1, -0.05) is 34.1 Å². The zero-order valence-electron chi connectivity index (χ0n) is 11.0. The predicted molar refractivity (Wildman–Crippen MR) is 84.8 cm³/mol. The molecule has 0 radical (unpaired) electrons. The summed E-state index contributed by atoms with van der Waals surface area (Å²) in [5.41, 5.74) is 1.66. The molecule has 2 aromatic rings. The Morgan fingerprint density at radius 2 is 2.00 bits per heavy atom. The van der Waals surface area contributed by atoms with Gasteiger partial charge in [-0.25, -0.2) is 0 Å². The molecule has 0 aliphatic carbocycles.